The van der Waals surface area contributed by atoms with Crippen LogP contribution in [0.15, 0.2) is 58.3 Å². The van der Waals surface area contributed by atoms with E-state index in [0.29, 0.717) is 5.70 Å². The van der Waals surface area contributed by atoms with E-state index < -0.39 is 0 Å². The van der Waals surface area contributed by atoms with Crippen LogP contribution in [0.4, 0.5) is 0 Å². The van der Waals surface area contributed by atoms with Gasteiger partial charge in [-0.05, 0) is 44.1 Å². The summed E-state index contributed by atoms with van der Waals surface area (Å²) in [6, 6.07) is 0. The molecular weight excluding hydrogens is 228 g/mol. The molecule has 0 rings (SSSR count). The highest BCUT2D eigenvalue weighted by atomic mass is 32.1. The second-order valence-electron chi connectivity index (χ2n) is 3.60. The van der Waals surface area contributed by atoms with Gasteiger partial charge in [0.05, 0.1) is 10.9 Å². The molecule has 0 spiro atoms. The molecule has 0 atom stereocenters. The Morgan fingerprint density at radius 3 is 2.47 bits per heavy atom. The van der Waals surface area contributed by atoms with E-state index in [9.17, 15) is 0 Å². The van der Waals surface area contributed by atoms with E-state index in [1.807, 2.05) is 26.1 Å². The third-order valence-corrected chi connectivity index (χ3v) is 2.26. The summed E-state index contributed by atoms with van der Waals surface area (Å²) in [6.45, 7) is 13.7. The molecule has 0 aliphatic carbocycles. The molecule has 0 aliphatic heterocycles. The van der Waals surface area contributed by atoms with Gasteiger partial charge in [0.1, 0.15) is 0 Å². The molecule has 0 saturated carbocycles. The SMILES string of the molecule is C=C(/C=C\C(=C)/C(C)=N/C=C(/C)CC)N=C=S. The molecule has 0 aromatic rings. The average Bonchev–Trinajstić information content (AvgIpc) is 2.32. The quantitative estimate of drug-likeness (QED) is 0.385. The molecule has 0 radical (unpaired) electrons. The van der Waals surface area contributed by atoms with E-state index >= 15 is 0 Å². The summed E-state index contributed by atoms with van der Waals surface area (Å²) in [4.78, 5) is 8.06. The zero-order valence-corrected chi connectivity index (χ0v) is 11.5. The van der Waals surface area contributed by atoms with Crippen molar-refractivity contribution in [2.75, 3.05) is 0 Å². The Morgan fingerprint density at radius 1 is 1.29 bits per heavy atom. The minimum absolute atomic E-state index is 0.550. The first-order chi connectivity index (χ1) is 8.01. The van der Waals surface area contributed by atoms with Crippen LogP contribution in [0.5, 0.6) is 0 Å². The predicted molar refractivity (Wildman–Crippen MR) is 79.6 cm³/mol. The molecule has 2 nitrogen and oxygen atoms in total. The number of rotatable bonds is 6. The highest BCUT2D eigenvalue weighted by Crippen LogP contribution is 2.04. The number of isothiocyanates is 1. The summed E-state index contributed by atoms with van der Waals surface area (Å²) in [6.07, 6.45) is 6.40. The molecule has 90 valence electrons. The predicted octanol–water partition coefficient (Wildman–Crippen LogP) is 4.49. The van der Waals surface area contributed by atoms with Gasteiger partial charge in [0.2, 0.25) is 0 Å². The van der Waals surface area contributed by atoms with Crippen LogP contribution in [0.2, 0.25) is 0 Å². The van der Waals surface area contributed by atoms with Crippen molar-refractivity contribution in [2.45, 2.75) is 27.2 Å². The first-order valence-electron chi connectivity index (χ1n) is 5.35. The minimum atomic E-state index is 0.550. The molecule has 17 heavy (non-hydrogen) atoms. The zero-order chi connectivity index (χ0) is 13.3. The maximum atomic E-state index is 4.48. The van der Waals surface area contributed by atoms with Crippen LogP contribution in [-0.4, -0.2) is 10.9 Å². The lowest BCUT2D eigenvalue weighted by atomic mass is 10.2. The highest BCUT2D eigenvalue weighted by Gasteiger charge is 1.93. The fourth-order valence-corrected chi connectivity index (χ4v) is 0.912. The molecule has 0 unspecified atom stereocenters. The highest BCUT2D eigenvalue weighted by molar-refractivity contribution is 7.78. The van der Waals surface area contributed by atoms with E-state index in [1.54, 1.807) is 6.08 Å². The zero-order valence-electron chi connectivity index (χ0n) is 10.7. The number of hydrogen-bond donors (Lipinski definition) is 0. The summed E-state index contributed by atoms with van der Waals surface area (Å²) in [5.74, 6) is 0. The van der Waals surface area contributed by atoms with Crippen LogP contribution in [-0.2, 0) is 0 Å². The molecule has 0 aromatic carbocycles. The molecular formula is C14H18N2S. The summed E-state index contributed by atoms with van der Waals surface area (Å²) < 4.78 is 0. The fraction of sp³-hybridized carbons (Fsp3) is 0.286. The number of aliphatic imine (C=N–C) groups is 2. The van der Waals surface area contributed by atoms with Crippen molar-refractivity contribution in [3.8, 4) is 0 Å². The maximum Gasteiger partial charge on any atom is 0.0668 e. The van der Waals surface area contributed by atoms with Gasteiger partial charge >= 0.3 is 0 Å². The van der Waals surface area contributed by atoms with E-state index in [0.717, 1.165) is 17.7 Å². The molecule has 0 aliphatic rings. The van der Waals surface area contributed by atoms with Gasteiger partial charge in [0, 0.05) is 11.9 Å². The Morgan fingerprint density at radius 2 is 1.94 bits per heavy atom. The number of hydrogen-bond acceptors (Lipinski definition) is 3. The van der Waals surface area contributed by atoms with Crippen LogP contribution in [0.3, 0.4) is 0 Å². The largest absolute Gasteiger partial charge is 0.261 e. The molecule has 0 amide bonds. The third-order valence-electron chi connectivity index (χ3n) is 2.17. The Hall–Kier alpha value is -1.57. The number of allylic oxidation sites excluding steroid dienone is 4. The Bertz CT molecular complexity index is 433. The van der Waals surface area contributed by atoms with Gasteiger partial charge in [-0.2, -0.15) is 4.99 Å². The Balaban J connectivity index is 4.62. The second-order valence-corrected chi connectivity index (χ2v) is 3.78. The first-order valence-corrected chi connectivity index (χ1v) is 5.76. The van der Waals surface area contributed by atoms with Crippen LogP contribution in [0.1, 0.15) is 27.2 Å². The van der Waals surface area contributed by atoms with Gasteiger partial charge in [-0.1, -0.05) is 31.7 Å². The summed E-state index contributed by atoms with van der Waals surface area (Å²) >= 11 is 4.48. The van der Waals surface area contributed by atoms with Gasteiger partial charge in [-0.3, -0.25) is 4.99 Å². The van der Waals surface area contributed by atoms with E-state index in [1.165, 1.54) is 5.57 Å². The van der Waals surface area contributed by atoms with E-state index in [2.05, 4.69) is 47.4 Å². The summed E-state index contributed by atoms with van der Waals surface area (Å²) in [7, 11) is 0. The third kappa shape index (κ3) is 7.34. The van der Waals surface area contributed by atoms with E-state index in [4.69, 9.17) is 0 Å². The van der Waals surface area contributed by atoms with Gasteiger partial charge in [-0.25, -0.2) is 0 Å². The lowest BCUT2D eigenvalue weighted by molar-refractivity contribution is 1.09. The summed E-state index contributed by atoms with van der Waals surface area (Å²) in [5, 5.41) is 2.26. The Labute approximate surface area is 109 Å². The van der Waals surface area contributed by atoms with Gasteiger partial charge in [0.15, 0.2) is 0 Å². The molecule has 0 bridgehead atoms. The Kier molecular flexibility index (Phi) is 7.78. The van der Waals surface area contributed by atoms with E-state index in [-0.39, 0.29) is 0 Å². The van der Waals surface area contributed by atoms with Crippen molar-refractivity contribution in [1.29, 1.82) is 0 Å². The van der Waals surface area contributed by atoms with Gasteiger partial charge in [-0.15, -0.1) is 0 Å². The number of nitrogens with zero attached hydrogens (tertiary/aromatic N) is 2. The molecule has 0 fully saturated rings. The topological polar surface area (TPSA) is 24.7 Å². The van der Waals surface area contributed by atoms with Crippen LogP contribution < -0.4 is 0 Å². The lowest BCUT2D eigenvalue weighted by Crippen LogP contribution is -1.92. The van der Waals surface area contributed by atoms with Crippen molar-refractivity contribution in [1.82, 2.24) is 0 Å². The van der Waals surface area contributed by atoms with Gasteiger partial charge in [0.25, 0.3) is 0 Å². The standard InChI is InChI=1S/C14H18N2S/c1-6-11(2)9-15-14(5)12(3)7-8-13(4)16-10-17/h7-9H,3-4,6H2,1-2,5H3/b8-7-,11-9-,15-14+. The van der Waals surface area contributed by atoms with Crippen LogP contribution in [0, 0.1) is 0 Å². The minimum Gasteiger partial charge on any atom is -0.261 e. The van der Waals surface area contributed by atoms with Crippen molar-refractivity contribution in [2.24, 2.45) is 9.98 Å². The first kappa shape index (κ1) is 15.4. The monoisotopic (exact) mass is 246 g/mol. The molecule has 0 heterocycles. The average molecular weight is 246 g/mol. The second kappa shape index (κ2) is 8.57. The maximum absolute atomic E-state index is 4.48. The van der Waals surface area contributed by atoms with Gasteiger partial charge < -0.3 is 0 Å². The normalized spacial score (nSPS) is 12.4. The van der Waals surface area contributed by atoms with Crippen molar-refractivity contribution >= 4 is 23.1 Å². The number of thiocarbonyl (C=S) groups is 1. The molecule has 3 heteroatoms. The fourth-order valence-electron chi connectivity index (χ4n) is 0.794. The molecule has 0 saturated heterocycles. The molecule has 0 aromatic heterocycles. The van der Waals surface area contributed by atoms with Crippen molar-refractivity contribution in [3.05, 3.63) is 48.4 Å². The van der Waals surface area contributed by atoms with Crippen molar-refractivity contribution in [3.63, 3.8) is 0 Å². The smallest absolute Gasteiger partial charge is 0.0668 e. The van der Waals surface area contributed by atoms with Crippen LogP contribution >= 0.6 is 12.2 Å². The molecule has 0 N–H and O–H groups in total. The summed E-state index contributed by atoms with van der Waals surface area (Å²) in [5.41, 5.74) is 3.48. The van der Waals surface area contributed by atoms with Crippen molar-refractivity contribution < 1.29 is 0 Å². The lowest BCUT2D eigenvalue weighted by Gasteiger charge is -1.98. The van der Waals surface area contributed by atoms with Crippen LogP contribution in [0.25, 0.3) is 0 Å².